The first-order valence-electron chi connectivity index (χ1n) is 6.92. The molecule has 0 fully saturated rings. The summed E-state index contributed by atoms with van der Waals surface area (Å²) in [6.45, 7) is 2.14. The normalized spacial score (nSPS) is 12.6. The standard InChI is InChI=1S/C16H20N2O2S/c1-4-11-5-7-12(8-6-11)15(18(2)3)16-17-13(10-21-16)9-14(19)20/h5-8,10,15H,4,9H2,1-3H3,(H,19,20)/t15-/m1/s1. The number of benzene rings is 1. The van der Waals surface area contributed by atoms with Crippen LogP contribution < -0.4 is 0 Å². The third-order valence-electron chi connectivity index (χ3n) is 3.36. The molecular weight excluding hydrogens is 284 g/mol. The van der Waals surface area contributed by atoms with Gasteiger partial charge in [0.15, 0.2) is 0 Å². The second kappa shape index (κ2) is 6.83. The van der Waals surface area contributed by atoms with E-state index in [0.29, 0.717) is 5.69 Å². The zero-order chi connectivity index (χ0) is 15.4. The Labute approximate surface area is 129 Å². The van der Waals surface area contributed by atoms with Crippen molar-refractivity contribution in [3.8, 4) is 0 Å². The SMILES string of the molecule is CCc1ccc([C@H](c2nc(CC(=O)O)cs2)N(C)C)cc1. The maximum Gasteiger partial charge on any atom is 0.309 e. The largest absolute Gasteiger partial charge is 0.481 e. The van der Waals surface area contributed by atoms with Crippen molar-refractivity contribution in [1.82, 2.24) is 9.88 Å². The molecule has 0 bridgehead atoms. The third kappa shape index (κ3) is 3.89. The molecule has 2 rings (SSSR count). The van der Waals surface area contributed by atoms with E-state index in [0.717, 1.165) is 11.4 Å². The van der Waals surface area contributed by atoms with Gasteiger partial charge in [0.1, 0.15) is 5.01 Å². The summed E-state index contributed by atoms with van der Waals surface area (Å²) in [6.07, 6.45) is 0.998. The van der Waals surface area contributed by atoms with Crippen LogP contribution in [0.5, 0.6) is 0 Å². The van der Waals surface area contributed by atoms with Crippen LogP contribution in [-0.4, -0.2) is 35.1 Å². The molecule has 0 saturated carbocycles. The molecule has 21 heavy (non-hydrogen) atoms. The first kappa shape index (κ1) is 15.7. The van der Waals surface area contributed by atoms with Crippen molar-refractivity contribution in [2.45, 2.75) is 25.8 Å². The summed E-state index contributed by atoms with van der Waals surface area (Å²) < 4.78 is 0. The quantitative estimate of drug-likeness (QED) is 0.891. The Morgan fingerprint density at radius 3 is 2.52 bits per heavy atom. The van der Waals surface area contributed by atoms with Crippen molar-refractivity contribution >= 4 is 17.3 Å². The lowest BCUT2D eigenvalue weighted by Gasteiger charge is -2.23. The molecule has 112 valence electrons. The Morgan fingerprint density at radius 2 is 2.00 bits per heavy atom. The Kier molecular flexibility index (Phi) is 5.09. The van der Waals surface area contributed by atoms with Crippen LogP contribution in [0.2, 0.25) is 0 Å². The van der Waals surface area contributed by atoms with Crippen molar-refractivity contribution in [3.63, 3.8) is 0 Å². The number of aliphatic carboxylic acids is 1. The Balaban J connectivity index is 2.29. The zero-order valence-electron chi connectivity index (χ0n) is 12.5. The smallest absolute Gasteiger partial charge is 0.309 e. The molecule has 2 aromatic rings. The number of rotatable bonds is 6. The van der Waals surface area contributed by atoms with Crippen LogP contribution in [0, 0.1) is 0 Å². The average molecular weight is 304 g/mol. The van der Waals surface area contributed by atoms with Crippen molar-refractivity contribution < 1.29 is 9.90 Å². The van der Waals surface area contributed by atoms with Gasteiger partial charge in [-0.3, -0.25) is 9.69 Å². The molecule has 0 radical (unpaired) electrons. The minimum absolute atomic E-state index is 0.0224. The van der Waals surface area contributed by atoms with Gasteiger partial charge in [-0.1, -0.05) is 31.2 Å². The van der Waals surface area contributed by atoms with Crippen LogP contribution in [-0.2, 0) is 17.6 Å². The fourth-order valence-electron chi connectivity index (χ4n) is 2.28. The number of hydrogen-bond donors (Lipinski definition) is 1. The molecule has 0 saturated heterocycles. The minimum Gasteiger partial charge on any atom is -0.481 e. The predicted octanol–water partition coefficient (Wildman–Crippen LogP) is 2.98. The summed E-state index contributed by atoms with van der Waals surface area (Å²) in [4.78, 5) is 17.4. The monoisotopic (exact) mass is 304 g/mol. The third-order valence-corrected chi connectivity index (χ3v) is 4.30. The van der Waals surface area contributed by atoms with E-state index >= 15 is 0 Å². The zero-order valence-corrected chi connectivity index (χ0v) is 13.4. The lowest BCUT2D eigenvalue weighted by molar-refractivity contribution is -0.136. The number of aryl methyl sites for hydroxylation is 1. The minimum atomic E-state index is -0.847. The van der Waals surface area contributed by atoms with Crippen LogP contribution in [0.3, 0.4) is 0 Å². The summed E-state index contributed by atoms with van der Waals surface area (Å²) in [6, 6.07) is 8.59. The topological polar surface area (TPSA) is 53.4 Å². The molecule has 0 amide bonds. The highest BCUT2D eigenvalue weighted by molar-refractivity contribution is 7.09. The summed E-state index contributed by atoms with van der Waals surface area (Å²) in [5.41, 5.74) is 3.11. The molecule has 1 aromatic heterocycles. The van der Waals surface area contributed by atoms with Crippen LogP contribution >= 0.6 is 11.3 Å². The van der Waals surface area contributed by atoms with Gasteiger partial charge in [0, 0.05) is 5.38 Å². The van der Waals surface area contributed by atoms with E-state index in [-0.39, 0.29) is 12.5 Å². The van der Waals surface area contributed by atoms with Crippen LogP contribution in [0.1, 0.15) is 34.8 Å². The van der Waals surface area contributed by atoms with E-state index in [1.54, 1.807) is 0 Å². The number of hydrogen-bond acceptors (Lipinski definition) is 4. The van der Waals surface area contributed by atoms with E-state index < -0.39 is 5.97 Å². The van der Waals surface area contributed by atoms with Crippen LogP contribution in [0.15, 0.2) is 29.6 Å². The van der Waals surface area contributed by atoms with E-state index in [1.807, 2.05) is 19.5 Å². The Bertz CT molecular complexity index is 605. The molecule has 0 spiro atoms. The fraction of sp³-hybridized carbons (Fsp3) is 0.375. The Hall–Kier alpha value is -1.72. The molecule has 1 N–H and O–H groups in total. The molecular formula is C16H20N2O2S. The maximum atomic E-state index is 10.8. The molecule has 0 aliphatic rings. The molecule has 1 heterocycles. The first-order valence-corrected chi connectivity index (χ1v) is 7.80. The average Bonchev–Trinajstić information content (AvgIpc) is 2.86. The van der Waals surface area contributed by atoms with Crippen molar-refractivity contribution in [2.24, 2.45) is 0 Å². The predicted molar refractivity (Wildman–Crippen MR) is 84.8 cm³/mol. The van der Waals surface area contributed by atoms with E-state index in [4.69, 9.17) is 5.11 Å². The maximum absolute atomic E-state index is 10.8. The summed E-state index contributed by atoms with van der Waals surface area (Å²) in [5.74, 6) is -0.847. The van der Waals surface area contributed by atoms with Gasteiger partial charge in [0.25, 0.3) is 0 Å². The molecule has 4 nitrogen and oxygen atoms in total. The molecule has 0 aliphatic heterocycles. The molecule has 1 atom stereocenters. The van der Waals surface area contributed by atoms with Crippen molar-refractivity contribution in [1.29, 1.82) is 0 Å². The van der Waals surface area contributed by atoms with Gasteiger partial charge in [0.2, 0.25) is 0 Å². The van der Waals surface area contributed by atoms with Gasteiger partial charge >= 0.3 is 5.97 Å². The van der Waals surface area contributed by atoms with Gasteiger partial charge in [-0.05, 0) is 31.6 Å². The number of aromatic nitrogens is 1. The highest BCUT2D eigenvalue weighted by atomic mass is 32.1. The van der Waals surface area contributed by atoms with Gasteiger partial charge in [-0.25, -0.2) is 4.98 Å². The van der Waals surface area contributed by atoms with Crippen LogP contribution in [0.4, 0.5) is 0 Å². The number of nitrogens with zero attached hydrogens (tertiary/aromatic N) is 2. The number of thiazole rings is 1. The number of carboxylic acid groups (broad SMARTS) is 1. The lowest BCUT2D eigenvalue weighted by Crippen LogP contribution is -2.21. The van der Waals surface area contributed by atoms with Crippen molar-refractivity contribution in [2.75, 3.05) is 14.1 Å². The number of carboxylic acids is 1. The van der Waals surface area contributed by atoms with Crippen LogP contribution in [0.25, 0.3) is 0 Å². The summed E-state index contributed by atoms with van der Waals surface area (Å²) in [7, 11) is 4.02. The van der Waals surface area contributed by atoms with Gasteiger partial charge in [-0.15, -0.1) is 11.3 Å². The molecule has 1 aromatic carbocycles. The molecule has 0 aliphatic carbocycles. The molecule has 0 unspecified atom stereocenters. The summed E-state index contributed by atoms with van der Waals surface area (Å²) in [5, 5.41) is 11.6. The number of carbonyl (C=O) groups is 1. The summed E-state index contributed by atoms with van der Waals surface area (Å²) >= 11 is 1.52. The van der Waals surface area contributed by atoms with E-state index in [9.17, 15) is 4.79 Å². The first-order chi connectivity index (χ1) is 10.0. The Morgan fingerprint density at radius 1 is 1.33 bits per heavy atom. The second-order valence-corrected chi connectivity index (χ2v) is 6.10. The van der Waals surface area contributed by atoms with Gasteiger partial charge < -0.3 is 5.11 Å². The second-order valence-electron chi connectivity index (χ2n) is 5.21. The van der Waals surface area contributed by atoms with E-state index in [2.05, 4.69) is 41.1 Å². The molecule has 5 heteroatoms. The highest BCUT2D eigenvalue weighted by Gasteiger charge is 2.20. The van der Waals surface area contributed by atoms with Gasteiger partial charge in [0.05, 0.1) is 18.2 Å². The lowest BCUT2D eigenvalue weighted by atomic mass is 10.0. The van der Waals surface area contributed by atoms with E-state index in [1.165, 1.54) is 22.5 Å². The van der Waals surface area contributed by atoms with Crippen molar-refractivity contribution in [3.05, 3.63) is 51.5 Å². The van der Waals surface area contributed by atoms with Gasteiger partial charge in [-0.2, -0.15) is 0 Å². The fourth-order valence-corrected chi connectivity index (χ4v) is 3.32. The highest BCUT2D eigenvalue weighted by Crippen LogP contribution is 2.29.